The van der Waals surface area contributed by atoms with Gasteiger partial charge in [-0.2, -0.15) is 21.8 Å². The van der Waals surface area contributed by atoms with Gasteiger partial charge in [-0.1, -0.05) is 0 Å². The van der Waals surface area contributed by atoms with Crippen molar-refractivity contribution in [1.82, 2.24) is 25.6 Å². The van der Waals surface area contributed by atoms with Crippen molar-refractivity contribution >= 4 is 49.8 Å². The van der Waals surface area contributed by atoms with Crippen LogP contribution in [0.15, 0.2) is 34.3 Å². The summed E-state index contributed by atoms with van der Waals surface area (Å²) in [5, 5.41) is 9.45. The second-order valence-electron chi connectivity index (χ2n) is 5.76. The highest BCUT2D eigenvalue weighted by Crippen LogP contribution is 2.27. The molecule has 2 heterocycles. The summed E-state index contributed by atoms with van der Waals surface area (Å²) in [4.78, 5) is 32.9. The number of rotatable bonds is 6. The molecule has 3 rings (SSSR count). The van der Waals surface area contributed by atoms with E-state index in [1.165, 1.54) is 0 Å². The molecule has 1 fully saturated rings. The largest absolute Gasteiger partial charge is 0.341 e. The van der Waals surface area contributed by atoms with Crippen LogP contribution in [-0.4, -0.2) is 65.4 Å². The second kappa shape index (κ2) is 7.78. The molecule has 30 heavy (non-hydrogen) atoms. The zero-order valence-electron chi connectivity index (χ0n) is 14.6. The molecule has 1 aliphatic rings. The van der Waals surface area contributed by atoms with Crippen LogP contribution in [0.2, 0.25) is 0 Å². The first-order valence-electron chi connectivity index (χ1n) is 7.84. The molecule has 0 aliphatic carbocycles. The van der Waals surface area contributed by atoms with Crippen LogP contribution in [0.4, 0.5) is 22.4 Å². The normalized spacial score (nSPS) is 17.1. The zero-order chi connectivity index (χ0) is 22.1. The summed E-state index contributed by atoms with van der Waals surface area (Å²) >= 11 is 0. The maximum Gasteiger partial charge on any atom is 0.321 e. The van der Waals surface area contributed by atoms with E-state index in [0.29, 0.717) is 0 Å². The Kier molecular flexibility index (Phi) is 5.53. The van der Waals surface area contributed by atoms with Crippen molar-refractivity contribution in [2.45, 2.75) is 15.8 Å². The summed E-state index contributed by atoms with van der Waals surface area (Å²) in [6, 6.07) is 0.719. The third-order valence-electron chi connectivity index (χ3n) is 3.67. The van der Waals surface area contributed by atoms with E-state index in [9.17, 15) is 31.0 Å². The monoisotopic (exact) mass is 459 g/mol. The van der Waals surface area contributed by atoms with Gasteiger partial charge in [-0.05, 0) is 18.2 Å². The van der Waals surface area contributed by atoms with Crippen molar-refractivity contribution in [2.24, 2.45) is 0 Å². The number of carbonyl (C=O) groups is 2. The lowest BCUT2D eigenvalue weighted by atomic mass is 10.2. The zero-order valence-corrected chi connectivity index (χ0v) is 16.2. The average molecular weight is 459 g/mol. The number of urea groups is 1. The third-order valence-corrected chi connectivity index (χ3v) is 5.43. The smallest absolute Gasteiger partial charge is 0.321 e. The highest BCUT2D eigenvalue weighted by Gasteiger charge is 2.27. The van der Waals surface area contributed by atoms with Gasteiger partial charge in [0.1, 0.15) is 17.3 Å². The second-order valence-corrected chi connectivity index (χ2v) is 8.57. The molecule has 160 valence electrons. The Morgan fingerprint density at radius 1 is 1.03 bits per heavy atom. The van der Waals surface area contributed by atoms with Gasteiger partial charge in [-0.3, -0.25) is 19.2 Å². The van der Waals surface area contributed by atoms with E-state index < -0.39 is 53.7 Å². The molecule has 1 atom stereocenters. The summed E-state index contributed by atoms with van der Waals surface area (Å²) in [5.74, 6) is -1.06. The van der Waals surface area contributed by atoms with Gasteiger partial charge in [0, 0.05) is 6.54 Å². The maximum absolute atomic E-state index is 11.8. The van der Waals surface area contributed by atoms with Crippen molar-refractivity contribution in [1.29, 1.82) is 0 Å². The van der Waals surface area contributed by atoms with E-state index in [-0.39, 0.29) is 18.4 Å². The van der Waals surface area contributed by atoms with Gasteiger partial charge in [0.05, 0.1) is 10.6 Å². The Morgan fingerprint density at radius 3 is 2.37 bits per heavy atom. The van der Waals surface area contributed by atoms with Gasteiger partial charge >= 0.3 is 6.03 Å². The predicted molar refractivity (Wildman–Crippen MR) is 98.1 cm³/mol. The summed E-state index contributed by atoms with van der Waals surface area (Å²) in [7, 11) is -9.46. The molecule has 1 saturated heterocycles. The quantitative estimate of drug-likeness (QED) is 0.277. The summed E-state index contributed by atoms with van der Waals surface area (Å²) < 4.78 is 64.3. The highest BCUT2D eigenvalue weighted by molar-refractivity contribution is 7.86. The van der Waals surface area contributed by atoms with Crippen LogP contribution >= 0.6 is 0 Å². The summed E-state index contributed by atoms with van der Waals surface area (Å²) in [5.41, 5.74) is -0.451. The molecule has 0 radical (unpaired) electrons. The fraction of sp³-hybridized carbons (Fsp3) is 0.154. The maximum atomic E-state index is 11.8. The molecule has 1 aliphatic heterocycles. The molecule has 1 unspecified atom stereocenters. The first-order chi connectivity index (χ1) is 13.9. The average Bonchev–Trinajstić information content (AvgIpc) is 2.63. The minimum absolute atomic E-state index is 0.0532. The van der Waals surface area contributed by atoms with Gasteiger partial charge < -0.3 is 16.0 Å². The van der Waals surface area contributed by atoms with Gasteiger partial charge in [0.2, 0.25) is 11.9 Å². The number of anilines is 3. The minimum atomic E-state index is -4.78. The molecule has 6 N–H and O–H groups in total. The molecule has 17 heteroatoms. The van der Waals surface area contributed by atoms with Gasteiger partial charge in [0.25, 0.3) is 26.1 Å². The summed E-state index contributed by atoms with van der Waals surface area (Å²) in [6.45, 7) is -0.0532. The van der Waals surface area contributed by atoms with Crippen LogP contribution in [0, 0.1) is 0 Å². The molecular formula is C13H13N7O8S2. The molecular weight excluding hydrogens is 446 g/mol. The van der Waals surface area contributed by atoms with E-state index >= 15 is 0 Å². The van der Waals surface area contributed by atoms with Crippen LogP contribution in [0.25, 0.3) is 0 Å². The van der Waals surface area contributed by atoms with E-state index in [4.69, 9.17) is 4.55 Å². The lowest BCUT2D eigenvalue weighted by Crippen LogP contribution is -2.57. The van der Waals surface area contributed by atoms with Gasteiger partial charge in [-0.25, -0.2) is 14.8 Å². The van der Waals surface area contributed by atoms with E-state index in [2.05, 4.69) is 30.9 Å². The third kappa shape index (κ3) is 4.95. The fourth-order valence-corrected chi connectivity index (χ4v) is 3.48. The van der Waals surface area contributed by atoms with Crippen LogP contribution in [-0.2, 0) is 25.0 Å². The molecule has 2 aromatic rings. The minimum Gasteiger partial charge on any atom is -0.341 e. The van der Waals surface area contributed by atoms with Crippen LogP contribution in [0.1, 0.15) is 0 Å². The lowest BCUT2D eigenvalue weighted by molar-refractivity contribution is -0.121. The first kappa shape index (κ1) is 21.3. The Labute approximate surface area is 168 Å². The SMILES string of the molecule is O=C1NCC(Nc2ncnc(Nc3cc(S(=O)(=O)O)ccc3S(=O)(=O)O)n2)C(=O)N1. The summed E-state index contributed by atoms with van der Waals surface area (Å²) in [6.07, 6.45) is 0.997. The van der Waals surface area contributed by atoms with Gasteiger partial charge in [0.15, 0.2) is 0 Å². The highest BCUT2D eigenvalue weighted by atomic mass is 32.2. The standard InChI is InChI=1S/C13H13N7O8S2/c21-10-8(4-14-13(22)19-10)18-12-16-5-15-11(20-12)17-7-3-6(29(23,24)25)1-2-9(7)30(26,27)28/h1-3,5,8H,4H2,(H,23,24,25)(H,26,27,28)(H2,14,19,21,22)(H2,15,16,17,18,20). The molecule has 1 aromatic heterocycles. The number of amides is 3. The van der Waals surface area contributed by atoms with Crippen molar-refractivity contribution in [3.8, 4) is 0 Å². The van der Waals surface area contributed by atoms with E-state index in [0.717, 1.165) is 24.5 Å². The van der Waals surface area contributed by atoms with Crippen LogP contribution in [0.3, 0.4) is 0 Å². The number of aromatic nitrogens is 3. The molecule has 1 aromatic carbocycles. The number of nitrogens with zero attached hydrogens (tertiary/aromatic N) is 3. The number of carbonyl (C=O) groups excluding carboxylic acids is 2. The molecule has 0 spiro atoms. The Balaban J connectivity index is 1.90. The fourth-order valence-electron chi connectivity index (χ4n) is 2.34. The van der Waals surface area contributed by atoms with Crippen molar-refractivity contribution in [2.75, 3.05) is 17.2 Å². The first-order valence-corrected chi connectivity index (χ1v) is 10.7. The van der Waals surface area contributed by atoms with E-state index in [1.54, 1.807) is 0 Å². The van der Waals surface area contributed by atoms with Crippen LogP contribution in [0.5, 0.6) is 0 Å². The topological polar surface area (TPSA) is 230 Å². The molecule has 3 amide bonds. The Hall–Kier alpha value is -3.41. The Bertz CT molecular complexity index is 1230. The van der Waals surface area contributed by atoms with Crippen molar-refractivity contribution < 1.29 is 35.5 Å². The van der Waals surface area contributed by atoms with Crippen LogP contribution < -0.4 is 21.3 Å². The number of imide groups is 1. The number of hydrogen-bond acceptors (Lipinski definition) is 11. The van der Waals surface area contributed by atoms with Gasteiger partial charge in [-0.15, -0.1) is 0 Å². The van der Waals surface area contributed by atoms with E-state index in [1.807, 2.05) is 5.32 Å². The number of hydrogen-bond donors (Lipinski definition) is 6. The molecule has 15 nitrogen and oxygen atoms in total. The van der Waals surface area contributed by atoms with Crippen molar-refractivity contribution in [3.05, 3.63) is 24.5 Å². The predicted octanol–water partition coefficient (Wildman–Crippen LogP) is -1.27. The number of benzene rings is 1. The lowest BCUT2D eigenvalue weighted by Gasteiger charge is -2.22. The van der Waals surface area contributed by atoms with Crippen molar-refractivity contribution in [3.63, 3.8) is 0 Å². The molecule has 0 bridgehead atoms. The number of nitrogens with one attached hydrogen (secondary N) is 4. The molecule has 0 saturated carbocycles. The Morgan fingerprint density at radius 2 is 1.73 bits per heavy atom.